The summed E-state index contributed by atoms with van der Waals surface area (Å²) in [4.78, 5) is 0. The van der Waals surface area contributed by atoms with Gasteiger partial charge in [-0.2, -0.15) is 0 Å². The van der Waals surface area contributed by atoms with Gasteiger partial charge in [0.1, 0.15) is 5.75 Å². The van der Waals surface area contributed by atoms with Crippen molar-refractivity contribution in [2.75, 3.05) is 6.61 Å². The molecule has 0 aromatic heterocycles. The Labute approximate surface area is 103 Å². The van der Waals surface area contributed by atoms with Gasteiger partial charge in [-0.25, -0.2) is 0 Å². The van der Waals surface area contributed by atoms with Crippen molar-refractivity contribution in [3.05, 3.63) is 28.8 Å². The standard InChI is InChI=1S/C13H20ClNO/c1-3-5-10(2)9-16-13-7-4-6-12(14)11(13)8-15/h4,6-7,10H,3,5,8-9,15H2,1-2H3. The normalized spacial score (nSPS) is 12.5. The molecule has 0 radical (unpaired) electrons. The van der Waals surface area contributed by atoms with E-state index in [9.17, 15) is 0 Å². The van der Waals surface area contributed by atoms with Gasteiger partial charge >= 0.3 is 0 Å². The lowest BCUT2D eigenvalue weighted by molar-refractivity contribution is 0.249. The monoisotopic (exact) mass is 241 g/mol. The van der Waals surface area contributed by atoms with Crippen LogP contribution in [0.25, 0.3) is 0 Å². The van der Waals surface area contributed by atoms with Gasteiger partial charge in [-0.1, -0.05) is 37.9 Å². The minimum Gasteiger partial charge on any atom is -0.493 e. The van der Waals surface area contributed by atoms with E-state index in [0.29, 0.717) is 17.5 Å². The zero-order valence-electron chi connectivity index (χ0n) is 10.0. The van der Waals surface area contributed by atoms with Crippen LogP contribution in [0.15, 0.2) is 18.2 Å². The number of ether oxygens (including phenoxy) is 1. The molecule has 0 saturated heterocycles. The van der Waals surface area contributed by atoms with E-state index in [1.54, 1.807) is 0 Å². The summed E-state index contributed by atoms with van der Waals surface area (Å²) < 4.78 is 5.76. The Morgan fingerprint density at radius 2 is 2.19 bits per heavy atom. The molecule has 1 atom stereocenters. The quantitative estimate of drug-likeness (QED) is 0.826. The maximum Gasteiger partial charge on any atom is 0.125 e. The highest BCUT2D eigenvalue weighted by atomic mass is 35.5. The van der Waals surface area contributed by atoms with Crippen LogP contribution in [0.2, 0.25) is 5.02 Å². The molecule has 0 amide bonds. The van der Waals surface area contributed by atoms with Gasteiger partial charge < -0.3 is 10.5 Å². The lowest BCUT2D eigenvalue weighted by Crippen LogP contribution is -2.10. The third kappa shape index (κ3) is 3.69. The number of halogens is 1. The van der Waals surface area contributed by atoms with Crippen LogP contribution in [0, 0.1) is 5.92 Å². The van der Waals surface area contributed by atoms with Gasteiger partial charge in [-0.05, 0) is 24.5 Å². The molecule has 0 aliphatic rings. The minimum atomic E-state index is 0.414. The van der Waals surface area contributed by atoms with Crippen LogP contribution in [0.3, 0.4) is 0 Å². The van der Waals surface area contributed by atoms with E-state index in [1.165, 1.54) is 12.8 Å². The first-order valence-corrected chi connectivity index (χ1v) is 6.17. The number of nitrogens with two attached hydrogens (primary N) is 1. The lowest BCUT2D eigenvalue weighted by Gasteiger charge is -2.15. The average molecular weight is 242 g/mol. The van der Waals surface area contributed by atoms with Crippen molar-refractivity contribution in [3.8, 4) is 5.75 Å². The molecular weight excluding hydrogens is 222 g/mol. The third-order valence-electron chi connectivity index (χ3n) is 2.58. The smallest absolute Gasteiger partial charge is 0.125 e. The Morgan fingerprint density at radius 1 is 1.44 bits per heavy atom. The van der Waals surface area contributed by atoms with Crippen LogP contribution >= 0.6 is 11.6 Å². The second-order valence-electron chi connectivity index (χ2n) is 4.13. The predicted molar refractivity (Wildman–Crippen MR) is 68.9 cm³/mol. The van der Waals surface area contributed by atoms with Gasteiger partial charge in [-0.15, -0.1) is 0 Å². The SMILES string of the molecule is CCCC(C)COc1cccc(Cl)c1CN. The maximum atomic E-state index is 6.05. The number of hydrogen-bond acceptors (Lipinski definition) is 2. The number of benzene rings is 1. The molecule has 1 unspecified atom stereocenters. The van der Waals surface area contributed by atoms with Gasteiger partial charge in [0.05, 0.1) is 6.61 Å². The molecule has 0 aliphatic carbocycles. The fourth-order valence-electron chi connectivity index (χ4n) is 1.68. The summed E-state index contributed by atoms with van der Waals surface area (Å²) in [5, 5.41) is 0.683. The first-order chi connectivity index (χ1) is 7.69. The lowest BCUT2D eigenvalue weighted by atomic mass is 10.1. The number of rotatable bonds is 6. The van der Waals surface area contributed by atoms with Gasteiger partial charge in [0, 0.05) is 17.1 Å². The van der Waals surface area contributed by atoms with Crippen molar-refractivity contribution < 1.29 is 4.74 Å². The molecule has 1 aromatic rings. The van der Waals surface area contributed by atoms with E-state index >= 15 is 0 Å². The van der Waals surface area contributed by atoms with Crippen LogP contribution < -0.4 is 10.5 Å². The van der Waals surface area contributed by atoms with Crippen LogP contribution in [0.4, 0.5) is 0 Å². The molecule has 2 N–H and O–H groups in total. The molecule has 16 heavy (non-hydrogen) atoms. The Bertz CT molecular complexity index is 328. The van der Waals surface area contributed by atoms with Crippen LogP contribution in [0.1, 0.15) is 32.3 Å². The van der Waals surface area contributed by atoms with E-state index in [1.807, 2.05) is 18.2 Å². The zero-order valence-corrected chi connectivity index (χ0v) is 10.8. The minimum absolute atomic E-state index is 0.414. The predicted octanol–water partition coefficient (Wildman–Crippen LogP) is 3.61. The van der Waals surface area contributed by atoms with Crippen molar-refractivity contribution in [3.63, 3.8) is 0 Å². The van der Waals surface area contributed by atoms with Gasteiger partial charge in [0.2, 0.25) is 0 Å². The Kier molecular flexibility index (Phi) is 5.64. The van der Waals surface area contributed by atoms with E-state index in [0.717, 1.165) is 17.9 Å². The fraction of sp³-hybridized carbons (Fsp3) is 0.538. The zero-order chi connectivity index (χ0) is 12.0. The third-order valence-corrected chi connectivity index (χ3v) is 2.94. The van der Waals surface area contributed by atoms with Crippen molar-refractivity contribution in [2.45, 2.75) is 33.2 Å². The molecule has 0 heterocycles. The van der Waals surface area contributed by atoms with Crippen LogP contribution in [-0.4, -0.2) is 6.61 Å². The van der Waals surface area contributed by atoms with Gasteiger partial charge in [-0.3, -0.25) is 0 Å². The fourth-order valence-corrected chi connectivity index (χ4v) is 1.92. The first-order valence-electron chi connectivity index (χ1n) is 5.79. The van der Waals surface area contributed by atoms with Gasteiger partial charge in [0.25, 0.3) is 0 Å². The molecule has 90 valence electrons. The highest BCUT2D eigenvalue weighted by Gasteiger charge is 2.08. The molecule has 0 aliphatic heterocycles. The van der Waals surface area contributed by atoms with Crippen molar-refractivity contribution in [1.82, 2.24) is 0 Å². The Hall–Kier alpha value is -0.730. The van der Waals surface area contributed by atoms with Crippen molar-refractivity contribution in [1.29, 1.82) is 0 Å². The summed E-state index contributed by atoms with van der Waals surface area (Å²) in [5.74, 6) is 1.38. The molecule has 0 fully saturated rings. The average Bonchev–Trinajstić information content (AvgIpc) is 2.27. The molecular formula is C13H20ClNO. The van der Waals surface area contributed by atoms with E-state index in [4.69, 9.17) is 22.1 Å². The molecule has 0 spiro atoms. The van der Waals surface area contributed by atoms with Crippen LogP contribution in [0.5, 0.6) is 5.75 Å². The molecule has 3 heteroatoms. The molecule has 2 nitrogen and oxygen atoms in total. The van der Waals surface area contributed by atoms with Crippen molar-refractivity contribution in [2.24, 2.45) is 11.7 Å². The topological polar surface area (TPSA) is 35.2 Å². The second-order valence-corrected chi connectivity index (χ2v) is 4.53. The Morgan fingerprint density at radius 3 is 2.81 bits per heavy atom. The Balaban J connectivity index is 2.63. The molecule has 0 saturated carbocycles. The highest BCUT2D eigenvalue weighted by Crippen LogP contribution is 2.26. The summed E-state index contributed by atoms with van der Waals surface area (Å²) in [7, 11) is 0. The summed E-state index contributed by atoms with van der Waals surface area (Å²) >= 11 is 6.05. The summed E-state index contributed by atoms with van der Waals surface area (Å²) in [6.45, 7) is 5.51. The van der Waals surface area contributed by atoms with E-state index < -0.39 is 0 Å². The molecule has 1 aromatic carbocycles. The summed E-state index contributed by atoms with van der Waals surface area (Å²) in [5.41, 5.74) is 6.55. The van der Waals surface area contributed by atoms with Crippen molar-refractivity contribution >= 4 is 11.6 Å². The van der Waals surface area contributed by atoms with Crippen LogP contribution in [-0.2, 0) is 6.54 Å². The van der Waals surface area contributed by atoms with E-state index in [2.05, 4.69) is 13.8 Å². The summed E-state index contributed by atoms with van der Waals surface area (Å²) in [6.07, 6.45) is 2.36. The number of hydrogen-bond donors (Lipinski definition) is 1. The largest absolute Gasteiger partial charge is 0.493 e. The second kappa shape index (κ2) is 6.77. The van der Waals surface area contributed by atoms with Gasteiger partial charge in [0.15, 0.2) is 0 Å². The first kappa shape index (κ1) is 13.3. The summed E-state index contributed by atoms with van der Waals surface area (Å²) in [6, 6.07) is 5.65. The molecule has 0 bridgehead atoms. The highest BCUT2D eigenvalue weighted by molar-refractivity contribution is 6.31. The van der Waals surface area contributed by atoms with E-state index in [-0.39, 0.29) is 0 Å². The maximum absolute atomic E-state index is 6.05. The molecule has 1 rings (SSSR count).